The number of nitrogens with zero attached hydrogens (tertiary/aromatic N) is 4. The molecular weight excluding hydrogens is 357 g/mol. The third-order valence-corrected chi connectivity index (χ3v) is 4.67. The van der Waals surface area contributed by atoms with Crippen LogP contribution in [0.4, 0.5) is 13.2 Å². The van der Waals surface area contributed by atoms with Gasteiger partial charge in [0.15, 0.2) is 15.7 Å². The second kappa shape index (κ2) is 6.44. The van der Waals surface area contributed by atoms with E-state index in [0.29, 0.717) is 10.2 Å². The average Bonchev–Trinajstić information content (AvgIpc) is 2.77. The van der Waals surface area contributed by atoms with E-state index in [1.54, 1.807) is 25.1 Å². The fraction of sp³-hybridized carbons (Fsp3) is 0.417. The summed E-state index contributed by atoms with van der Waals surface area (Å²) in [6.07, 6.45) is -4.55. The molecule has 0 bridgehead atoms. The van der Waals surface area contributed by atoms with Crippen LogP contribution in [0.2, 0.25) is 5.02 Å². The summed E-state index contributed by atoms with van der Waals surface area (Å²) in [6.45, 7) is 0.353. The zero-order chi connectivity index (χ0) is 17.3. The molecule has 126 valence electrons. The van der Waals surface area contributed by atoms with E-state index in [1.807, 2.05) is 0 Å². The van der Waals surface area contributed by atoms with Crippen LogP contribution in [-0.2, 0) is 27.9 Å². The molecule has 0 atom stereocenters. The van der Waals surface area contributed by atoms with Crippen molar-refractivity contribution >= 4 is 21.4 Å². The minimum atomic E-state index is -4.55. The van der Waals surface area contributed by atoms with E-state index in [2.05, 4.69) is 15.5 Å². The molecule has 0 saturated heterocycles. The highest BCUT2D eigenvalue weighted by Gasteiger charge is 2.31. The van der Waals surface area contributed by atoms with Gasteiger partial charge >= 0.3 is 6.18 Å². The van der Waals surface area contributed by atoms with Gasteiger partial charge in [-0.3, -0.25) is 0 Å². The van der Waals surface area contributed by atoms with Gasteiger partial charge in [-0.2, -0.15) is 13.2 Å². The lowest BCUT2D eigenvalue weighted by Crippen LogP contribution is -2.22. The minimum Gasteiger partial charge on any atom is -0.228 e. The summed E-state index contributed by atoms with van der Waals surface area (Å²) in [5, 5.41) is 9.90. The fourth-order valence-electron chi connectivity index (χ4n) is 1.87. The highest BCUT2D eigenvalue weighted by Crippen LogP contribution is 2.22. The van der Waals surface area contributed by atoms with Gasteiger partial charge in [-0.15, -0.1) is 5.10 Å². The number of aromatic nitrogens is 4. The Hall–Kier alpha value is -1.68. The first-order valence-electron chi connectivity index (χ1n) is 6.33. The summed E-state index contributed by atoms with van der Waals surface area (Å²) in [4.78, 5) is 0. The van der Waals surface area contributed by atoms with E-state index < -0.39 is 34.1 Å². The Bertz CT molecular complexity index is 805. The van der Waals surface area contributed by atoms with Gasteiger partial charge in [0.1, 0.15) is 12.3 Å². The zero-order valence-corrected chi connectivity index (χ0v) is 13.5. The van der Waals surface area contributed by atoms with E-state index in [1.165, 1.54) is 0 Å². The minimum absolute atomic E-state index is 0.281. The van der Waals surface area contributed by atoms with Crippen LogP contribution < -0.4 is 0 Å². The van der Waals surface area contributed by atoms with E-state index in [4.69, 9.17) is 11.6 Å². The van der Waals surface area contributed by atoms with Crippen molar-refractivity contribution < 1.29 is 21.6 Å². The Labute approximate surface area is 135 Å². The zero-order valence-electron chi connectivity index (χ0n) is 11.9. The molecule has 0 radical (unpaired) electrons. The van der Waals surface area contributed by atoms with Crippen molar-refractivity contribution in [3.05, 3.63) is 40.2 Å². The average molecular weight is 369 g/mol. The number of benzene rings is 1. The molecule has 0 saturated carbocycles. The van der Waals surface area contributed by atoms with Crippen molar-refractivity contribution in [2.75, 3.05) is 0 Å². The number of aryl methyl sites for hydroxylation is 1. The molecule has 0 N–H and O–H groups in total. The summed E-state index contributed by atoms with van der Waals surface area (Å²) in [6, 6.07) is 4.87. The van der Waals surface area contributed by atoms with Crippen LogP contribution in [0.25, 0.3) is 0 Å². The number of halogens is 4. The van der Waals surface area contributed by atoms with Crippen molar-refractivity contribution in [1.29, 1.82) is 0 Å². The topological polar surface area (TPSA) is 77.7 Å². The second-order valence-electron chi connectivity index (χ2n) is 5.00. The van der Waals surface area contributed by atoms with Crippen LogP contribution in [0.15, 0.2) is 18.2 Å². The first kappa shape index (κ1) is 17.7. The smallest absolute Gasteiger partial charge is 0.228 e. The Balaban J connectivity index is 2.17. The van der Waals surface area contributed by atoms with Crippen molar-refractivity contribution in [3.8, 4) is 0 Å². The molecule has 6 nitrogen and oxygen atoms in total. The third kappa shape index (κ3) is 5.17. The van der Waals surface area contributed by atoms with Crippen molar-refractivity contribution in [1.82, 2.24) is 20.2 Å². The molecule has 0 amide bonds. The van der Waals surface area contributed by atoms with E-state index in [0.717, 1.165) is 5.56 Å². The highest BCUT2D eigenvalue weighted by atomic mass is 35.5. The Kier molecular flexibility index (Phi) is 4.95. The van der Waals surface area contributed by atoms with Crippen LogP contribution in [0.5, 0.6) is 0 Å². The van der Waals surface area contributed by atoms with Crippen LogP contribution in [0.3, 0.4) is 0 Å². The van der Waals surface area contributed by atoms with Crippen LogP contribution in [0, 0.1) is 6.92 Å². The van der Waals surface area contributed by atoms with Gasteiger partial charge in [-0.05, 0) is 34.5 Å². The van der Waals surface area contributed by atoms with Gasteiger partial charge < -0.3 is 0 Å². The lowest BCUT2D eigenvalue weighted by atomic mass is 10.2. The lowest BCUT2D eigenvalue weighted by Gasteiger charge is -2.09. The maximum absolute atomic E-state index is 12.4. The summed E-state index contributed by atoms with van der Waals surface area (Å²) in [5.74, 6) is -1.49. The Morgan fingerprint density at radius 2 is 1.96 bits per heavy atom. The molecule has 1 aromatic carbocycles. The van der Waals surface area contributed by atoms with Crippen molar-refractivity contribution in [2.45, 2.75) is 31.2 Å². The number of hydrogen-bond donors (Lipinski definition) is 0. The standard InChI is InChI=1S/C12H12ClF3N4O2S/c1-8-2-3-9(10(13)4-8)5-23(21,22)6-11-17-18-19-20(11)7-12(14,15)16/h2-4H,5-7H2,1H3. The molecule has 0 fully saturated rings. The summed E-state index contributed by atoms with van der Waals surface area (Å²) in [7, 11) is -3.79. The molecule has 0 aliphatic heterocycles. The Morgan fingerprint density at radius 3 is 2.57 bits per heavy atom. The molecule has 0 unspecified atom stereocenters. The van der Waals surface area contributed by atoms with Crippen molar-refractivity contribution in [2.24, 2.45) is 0 Å². The Morgan fingerprint density at radius 1 is 1.26 bits per heavy atom. The van der Waals surface area contributed by atoms with Crippen LogP contribution in [0.1, 0.15) is 17.0 Å². The maximum Gasteiger partial charge on any atom is 0.408 e. The molecule has 2 aromatic rings. The van der Waals surface area contributed by atoms with Gasteiger partial charge in [0.05, 0.1) is 5.75 Å². The van der Waals surface area contributed by atoms with Crippen LogP contribution in [-0.4, -0.2) is 34.8 Å². The van der Waals surface area contributed by atoms with Crippen molar-refractivity contribution in [3.63, 3.8) is 0 Å². The van der Waals surface area contributed by atoms with Gasteiger partial charge in [0, 0.05) is 5.02 Å². The third-order valence-electron chi connectivity index (χ3n) is 2.87. The first-order chi connectivity index (χ1) is 10.6. The quantitative estimate of drug-likeness (QED) is 0.809. The summed E-state index contributed by atoms with van der Waals surface area (Å²) < 4.78 is 61.9. The number of hydrogen-bond acceptors (Lipinski definition) is 5. The lowest BCUT2D eigenvalue weighted by molar-refractivity contribution is -0.143. The maximum atomic E-state index is 12.4. The van der Waals surface area contributed by atoms with Gasteiger partial charge in [0.25, 0.3) is 0 Å². The van der Waals surface area contributed by atoms with E-state index in [-0.39, 0.29) is 10.8 Å². The monoisotopic (exact) mass is 368 g/mol. The highest BCUT2D eigenvalue weighted by molar-refractivity contribution is 7.89. The molecule has 0 aliphatic carbocycles. The number of alkyl halides is 3. The molecular formula is C12H12ClF3N4O2S. The predicted molar refractivity (Wildman–Crippen MR) is 76.4 cm³/mol. The molecule has 1 heterocycles. The largest absolute Gasteiger partial charge is 0.408 e. The number of tetrazole rings is 1. The summed E-state index contributed by atoms with van der Waals surface area (Å²) >= 11 is 5.98. The predicted octanol–water partition coefficient (Wildman–Crippen LogP) is 2.31. The van der Waals surface area contributed by atoms with E-state index in [9.17, 15) is 21.6 Å². The van der Waals surface area contributed by atoms with Crippen LogP contribution >= 0.6 is 11.6 Å². The second-order valence-corrected chi connectivity index (χ2v) is 7.47. The number of sulfone groups is 1. The normalized spacial score (nSPS) is 12.6. The van der Waals surface area contributed by atoms with Gasteiger partial charge in [-0.25, -0.2) is 13.1 Å². The molecule has 0 aliphatic rings. The fourth-order valence-corrected chi connectivity index (χ4v) is 3.68. The van der Waals surface area contributed by atoms with E-state index >= 15 is 0 Å². The molecule has 11 heteroatoms. The molecule has 0 spiro atoms. The SMILES string of the molecule is Cc1ccc(CS(=O)(=O)Cc2nnnn2CC(F)(F)F)c(Cl)c1. The number of rotatable bonds is 5. The molecule has 1 aromatic heterocycles. The first-order valence-corrected chi connectivity index (χ1v) is 8.53. The summed E-state index contributed by atoms with van der Waals surface area (Å²) in [5.41, 5.74) is 1.23. The molecule has 23 heavy (non-hydrogen) atoms. The van der Waals surface area contributed by atoms with Gasteiger partial charge in [0.2, 0.25) is 0 Å². The van der Waals surface area contributed by atoms with Gasteiger partial charge in [-0.1, -0.05) is 23.7 Å². The molecule has 2 rings (SSSR count).